The Hall–Kier alpha value is -2.12. The summed E-state index contributed by atoms with van der Waals surface area (Å²) < 4.78 is 24.3. The van der Waals surface area contributed by atoms with Gasteiger partial charge in [-0.25, -0.2) is 14.0 Å². The van der Waals surface area contributed by atoms with Crippen molar-refractivity contribution in [1.29, 1.82) is 0 Å². The molecule has 24 heavy (non-hydrogen) atoms. The molecule has 0 aromatic heterocycles. The second kappa shape index (κ2) is 7.63. The van der Waals surface area contributed by atoms with E-state index in [9.17, 15) is 14.0 Å². The minimum absolute atomic E-state index is 0.0408. The summed E-state index contributed by atoms with van der Waals surface area (Å²) in [6, 6.07) is 2.67. The number of carbonyl (C=O) groups is 2. The van der Waals surface area contributed by atoms with Crippen LogP contribution in [0.25, 0.3) is 0 Å². The predicted octanol–water partition coefficient (Wildman–Crippen LogP) is 3.73. The van der Waals surface area contributed by atoms with Gasteiger partial charge >= 0.3 is 11.9 Å². The van der Waals surface area contributed by atoms with Crippen molar-refractivity contribution < 1.29 is 23.5 Å². The molecular weight excluding hydrogens is 405 g/mol. The van der Waals surface area contributed by atoms with Crippen molar-refractivity contribution in [3.8, 4) is 0 Å². The highest BCUT2D eigenvalue weighted by molar-refractivity contribution is 9.10. The number of hydrogen-bond donors (Lipinski definition) is 0. The van der Waals surface area contributed by atoms with Crippen molar-refractivity contribution >= 4 is 45.2 Å². The molecule has 0 radical (unpaired) electrons. The maximum Gasteiger partial charge on any atom is 0.355 e. The summed E-state index contributed by atoms with van der Waals surface area (Å²) in [5.41, 5.74) is -0.396. The number of methoxy groups -OCH3 is 2. The molecule has 1 aromatic rings. The molecule has 0 N–H and O–H groups in total. The number of benzene rings is 1. The first-order valence-corrected chi connectivity index (χ1v) is 7.77. The topological polar surface area (TPSA) is 55.8 Å². The number of ether oxygens (including phenoxy) is 2. The fourth-order valence-corrected chi connectivity index (χ4v) is 2.96. The van der Waals surface area contributed by atoms with E-state index in [0.717, 1.165) is 12.0 Å². The Morgan fingerprint density at radius 1 is 1.17 bits per heavy atom. The van der Waals surface area contributed by atoms with Gasteiger partial charge < -0.3 is 14.4 Å². The van der Waals surface area contributed by atoms with Gasteiger partial charge in [0.1, 0.15) is 17.2 Å². The maximum absolute atomic E-state index is 14.5. The fraction of sp³-hybridized carbons (Fsp3) is 0.125. The van der Waals surface area contributed by atoms with Crippen molar-refractivity contribution in [3.05, 3.63) is 63.1 Å². The zero-order chi connectivity index (χ0) is 17.9. The van der Waals surface area contributed by atoms with Crippen LogP contribution in [-0.4, -0.2) is 26.2 Å². The second-order valence-corrected chi connectivity index (χ2v) is 5.86. The Kier molecular flexibility index (Phi) is 5.80. The average molecular weight is 417 g/mol. The van der Waals surface area contributed by atoms with Crippen molar-refractivity contribution in [2.45, 2.75) is 0 Å². The number of carbonyl (C=O) groups excluding carboxylic acids is 2. The van der Waals surface area contributed by atoms with Gasteiger partial charge in [0.2, 0.25) is 0 Å². The highest BCUT2D eigenvalue weighted by Crippen LogP contribution is 2.36. The molecule has 0 bridgehead atoms. The van der Waals surface area contributed by atoms with E-state index in [1.54, 1.807) is 0 Å². The molecule has 0 amide bonds. The average Bonchev–Trinajstić information content (AvgIpc) is 2.75. The lowest BCUT2D eigenvalue weighted by Crippen LogP contribution is -2.27. The first-order valence-electron chi connectivity index (χ1n) is 6.60. The smallest absolute Gasteiger partial charge is 0.355 e. The summed E-state index contributed by atoms with van der Waals surface area (Å²) in [4.78, 5) is 25.4. The van der Waals surface area contributed by atoms with Gasteiger partial charge in [-0.05, 0) is 24.3 Å². The van der Waals surface area contributed by atoms with E-state index in [0.29, 0.717) is 4.47 Å². The van der Waals surface area contributed by atoms with Gasteiger partial charge in [0.15, 0.2) is 0 Å². The summed E-state index contributed by atoms with van der Waals surface area (Å²) in [6.07, 6.45) is 5.81. The van der Waals surface area contributed by atoms with Gasteiger partial charge in [0.05, 0.1) is 24.8 Å². The minimum Gasteiger partial charge on any atom is -0.465 e. The highest BCUT2D eigenvalue weighted by atomic mass is 79.9. The van der Waals surface area contributed by atoms with Crippen LogP contribution in [0.5, 0.6) is 0 Å². The van der Waals surface area contributed by atoms with E-state index in [2.05, 4.69) is 20.7 Å². The molecule has 126 valence electrons. The first-order chi connectivity index (χ1) is 11.4. The van der Waals surface area contributed by atoms with Crippen molar-refractivity contribution in [3.63, 3.8) is 0 Å². The lowest BCUT2D eigenvalue weighted by Gasteiger charge is -2.24. The van der Waals surface area contributed by atoms with Crippen LogP contribution in [0.4, 0.5) is 10.1 Å². The Morgan fingerprint density at radius 2 is 1.83 bits per heavy atom. The molecular formula is C16H12BrClFNO4. The summed E-state index contributed by atoms with van der Waals surface area (Å²) in [5.74, 6) is -2.30. The molecule has 1 aliphatic heterocycles. The minimum atomic E-state index is -0.843. The van der Waals surface area contributed by atoms with Crippen LogP contribution < -0.4 is 4.90 Å². The molecule has 0 unspecified atom stereocenters. The highest BCUT2D eigenvalue weighted by Gasteiger charge is 2.30. The number of esters is 2. The molecule has 2 rings (SSSR count). The van der Waals surface area contributed by atoms with E-state index in [1.807, 2.05) is 0 Å². The van der Waals surface area contributed by atoms with E-state index >= 15 is 0 Å². The molecule has 0 spiro atoms. The molecule has 0 saturated carbocycles. The molecule has 0 saturated heterocycles. The SMILES string of the molecule is COC(=O)C1=C(C(=O)OC)N(c2c(F)cc(Br)cc2Cl)C=CC=C1. The van der Waals surface area contributed by atoms with Gasteiger partial charge in [-0.2, -0.15) is 0 Å². The summed E-state index contributed by atoms with van der Waals surface area (Å²) >= 11 is 9.28. The first kappa shape index (κ1) is 18.2. The Morgan fingerprint density at radius 3 is 2.42 bits per heavy atom. The van der Waals surface area contributed by atoms with Crippen LogP contribution >= 0.6 is 27.5 Å². The largest absolute Gasteiger partial charge is 0.465 e. The molecule has 5 nitrogen and oxygen atoms in total. The van der Waals surface area contributed by atoms with Crippen LogP contribution in [0.1, 0.15) is 0 Å². The Labute approximate surface area is 151 Å². The van der Waals surface area contributed by atoms with E-state index in [-0.39, 0.29) is 22.0 Å². The van der Waals surface area contributed by atoms with E-state index in [4.69, 9.17) is 16.3 Å². The standard InChI is InChI=1S/C16H12BrClFNO4/c1-23-15(21)10-5-3-4-6-20(13(10)16(22)24-2)14-11(18)7-9(17)8-12(14)19/h3-8H,1-2H3. The number of nitrogens with zero attached hydrogens (tertiary/aromatic N) is 1. The van der Waals surface area contributed by atoms with Gasteiger partial charge in [-0.15, -0.1) is 0 Å². The zero-order valence-electron chi connectivity index (χ0n) is 12.7. The van der Waals surface area contributed by atoms with Gasteiger partial charge in [0.25, 0.3) is 0 Å². The number of allylic oxidation sites excluding steroid dienone is 2. The molecule has 1 aromatic carbocycles. The van der Waals surface area contributed by atoms with Crippen LogP contribution in [-0.2, 0) is 19.1 Å². The predicted molar refractivity (Wildman–Crippen MR) is 90.9 cm³/mol. The van der Waals surface area contributed by atoms with Gasteiger partial charge in [-0.3, -0.25) is 0 Å². The molecule has 8 heteroatoms. The van der Waals surface area contributed by atoms with Crippen LogP contribution in [0, 0.1) is 5.82 Å². The Balaban J connectivity index is 2.75. The van der Waals surface area contributed by atoms with Crippen molar-refractivity contribution in [2.75, 3.05) is 19.1 Å². The quantitative estimate of drug-likeness (QED) is 0.703. The molecule has 0 atom stereocenters. The Bertz CT molecular complexity index is 765. The van der Waals surface area contributed by atoms with E-state index < -0.39 is 17.8 Å². The third-order valence-electron chi connectivity index (χ3n) is 3.11. The molecule has 1 aliphatic rings. The monoisotopic (exact) mass is 415 g/mol. The number of rotatable bonds is 3. The number of halogens is 3. The lowest BCUT2D eigenvalue weighted by molar-refractivity contribution is -0.139. The zero-order valence-corrected chi connectivity index (χ0v) is 15.0. The third kappa shape index (κ3) is 3.52. The third-order valence-corrected chi connectivity index (χ3v) is 3.86. The molecule has 0 fully saturated rings. The van der Waals surface area contributed by atoms with Crippen LogP contribution in [0.2, 0.25) is 5.02 Å². The summed E-state index contributed by atoms with van der Waals surface area (Å²) in [5, 5.41) is 0.0408. The van der Waals surface area contributed by atoms with Crippen LogP contribution in [0.3, 0.4) is 0 Å². The number of hydrogen-bond acceptors (Lipinski definition) is 5. The lowest BCUT2D eigenvalue weighted by atomic mass is 10.1. The summed E-state index contributed by atoms with van der Waals surface area (Å²) in [7, 11) is 2.33. The van der Waals surface area contributed by atoms with Crippen LogP contribution in [0.15, 0.2) is 52.3 Å². The van der Waals surface area contributed by atoms with Gasteiger partial charge in [0, 0.05) is 10.7 Å². The number of anilines is 1. The maximum atomic E-state index is 14.5. The summed E-state index contributed by atoms with van der Waals surface area (Å²) in [6.45, 7) is 0. The van der Waals surface area contributed by atoms with E-state index in [1.165, 1.54) is 43.7 Å². The van der Waals surface area contributed by atoms with Crippen molar-refractivity contribution in [1.82, 2.24) is 0 Å². The second-order valence-electron chi connectivity index (χ2n) is 4.53. The normalized spacial score (nSPS) is 13.8. The van der Waals surface area contributed by atoms with Gasteiger partial charge in [-0.1, -0.05) is 33.6 Å². The van der Waals surface area contributed by atoms with Crippen molar-refractivity contribution in [2.24, 2.45) is 0 Å². The fourth-order valence-electron chi connectivity index (χ4n) is 2.10. The molecule has 0 aliphatic carbocycles. The molecule has 1 heterocycles.